The summed E-state index contributed by atoms with van der Waals surface area (Å²) < 4.78 is 0.486. The Kier molecular flexibility index (Phi) is 5.05. The summed E-state index contributed by atoms with van der Waals surface area (Å²) in [6, 6.07) is 0. The summed E-state index contributed by atoms with van der Waals surface area (Å²) in [5, 5.41) is 0. The third-order valence-electron chi connectivity index (χ3n) is 3.38. The Morgan fingerprint density at radius 2 is 1.53 bits per heavy atom. The number of carbonyl (C=O) groups is 1. The summed E-state index contributed by atoms with van der Waals surface area (Å²) in [6.45, 7) is 13.0. The first-order chi connectivity index (χ1) is 7.60. The summed E-state index contributed by atoms with van der Waals surface area (Å²) in [4.78, 5) is 12.0. The summed E-state index contributed by atoms with van der Waals surface area (Å²) >= 11 is 3.97. The Hall–Kier alpha value is 0.370. The molecule has 0 aromatic rings. The molecular weight excluding hydrogens is 248 g/mol. The molecule has 0 saturated carbocycles. The van der Waals surface area contributed by atoms with Crippen molar-refractivity contribution in [1.29, 1.82) is 0 Å². The Labute approximate surface area is 115 Å². The fraction of sp³-hybridized carbons (Fsp3) is 0.929. The molecule has 1 heterocycles. The molecule has 17 heavy (non-hydrogen) atoms. The monoisotopic (exact) mass is 274 g/mol. The molecular formula is C14H26OS2. The van der Waals surface area contributed by atoms with E-state index in [-0.39, 0.29) is 5.41 Å². The van der Waals surface area contributed by atoms with Gasteiger partial charge in [-0.1, -0.05) is 41.5 Å². The molecule has 3 heteroatoms. The van der Waals surface area contributed by atoms with E-state index in [1.54, 1.807) is 0 Å². The van der Waals surface area contributed by atoms with Gasteiger partial charge in [-0.05, 0) is 22.8 Å². The molecule has 1 nitrogen and oxygen atoms in total. The van der Waals surface area contributed by atoms with Gasteiger partial charge in [0.2, 0.25) is 0 Å². The van der Waals surface area contributed by atoms with Gasteiger partial charge in [0.05, 0.1) is 4.58 Å². The maximum atomic E-state index is 12.0. The predicted molar refractivity (Wildman–Crippen MR) is 80.7 cm³/mol. The highest BCUT2D eigenvalue weighted by molar-refractivity contribution is 8.17. The van der Waals surface area contributed by atoms with Crippen LogP contribution < -0.4 is 0 Å². The number of hydrogen-bond donors (Lipinski definition) is 0. The fourth-order valence-corrected chi connectivity index (χ4v) is 5.29. The van der Waals surface area contributed by atoms with Crippen LogP contribution in [0.3, 0.4) is 0 Å². The number of rotatable bonds is 2. The van der Waals surface area contributed by atoms with Crippen LogP contribution in [0.4, 0.5) is 0 Å². The maximum Gasteiger partial charge on any atom is 0.140 e. The minimum Gasteiger partial charge on any atom is -0.299 e. The molecule has 1 fully saturated rings. The number of carbonyl (C=O) groups excluding carboxylic acids is 1. The Morgan fingerprint density at radius 1 is 1.06 bits per heavy atom. The van der Waals surface area contributed by atoms with E-state index in [0.29, 0.717) is 15.8 Å². The van der Waals surface area contributed by atoms with Crippen molar-refractivity contribution in [1.82, 2.24) is 0 Å². The van der Waals surface area contributed by atoms with Gasteiger partial charge in [0.1, 0.15) is 5.78 Å². The lowest BCUT2D eigenvalue weighted by molar-refractivity contribution is -0.125. The number of Topliss-reactive ketones (excluding diaryl/α,β-unsaturated/α-hetero) is 1. The maximum absolute atomic E-state index is 12.0. The fourth-order valence-electron chi connectivity index (χ4n) is 1.62. The standard InChI is InChI=1S/C14H26OS2/c1-13(2,3)10-8-16-12(17-9-10)7-11(15)14(4,5)6/h10,12H,7-9H2,1-6H3/t10-,12-. The smallest absolute Gasteiger partial charge is 0.140 e. The summed E-state index contributed by atoms with van der Waals surface area (Å²) in [5.74, 6) is 3.59. The van der Waals surface area contributed by atoms with E-state index < -0.39 is 0 Å². The molecule has 1 saturated heterocycles. The van der Waals surface area contributed by atoms with Crippen LogP contribution in [0.1, 0.15) is 48.0 Å². The van der Waals surface area contributed by atoms with E-state index in [4.69, 9.17) is 0 Å². The van der Waals surface area contributed by atoms with Crippen molar-refractivity contribution in [3.63, 3.8) is 0 Å². The largest absolute Gasteiger partial charge is 0.299 e. The predicted octanol–water partition coefficient (Wildman–Crippen LogP) is 4.46. The van der Waals surface area contributed by atoms with Crippen LogP contribution in [0.25, 0.3) is 0 Å². The van der Waals surface area contributed by atoms with Crippen LogP contribution in [0.15, 0.2) is 0 Å². The van der Waals surface area contributed by atoms with Crippen molar-refractivity contribution >= 4 is 29.3 Å². The third-order valence-corrected chi connectivity index (χ3v) is 6.46. The van der Waals surface area contributed by atoms with Gasteiger partial charge >= 0.3 is 0 Å². The van der Waals surface area contributed by atoms with E-state index in [2.05, 4.69) is 20.8 Å². The average Bonchev–Trinajstić information content (AvgIpc) is 2.15. The Bertz CT molecular complexity index is 265. The van der Waals surface area contributed by atoms with Crippen LogP contribution >= 0.6 is 23.5 Å². The quantitative estimate of drug-likeness (QED) is 0.740. The van der Waals surface area contributed by atoms with Gasteiger partial charge in [0.15, 0.2) is 0 Å². The molecule has 0 spiro atoms. The van der Waals surface area contributed by atoms with E-state index in [1.807, 2.05) is 44.3 Å². The highest BCUT2D eigenvalue weighted by atomic mass is 32.2. The van der Waals surface area contributed by atoms with Gasteiger partial charge < -0.3 is 0 Å². The minimum atomic E-state index is -0.179. The molecule has 0 radical (unpaired) electrons. The van der Waals surface area contributed by atoms with Crippen molar-refractivity contribution in [2.45, 2.75) is 52.5 Å². The lowest BCUT2D eigenvalue weighted by atomic mass is 9.83. The average molecular weight is 274 g/mol. The second-order valence-corrected chi connectivity index (χ2v) is 9.81. The molecule has 1 rings (SSSR count). The molecule has 0 aliphatic carbocycles. The molecule has 0 unspecified atom stereocenters. The molecule has 1 aliphatic heterocycles. The Morgan fingerprint density at radius 3 is 1.88 bits per heavy atom. The first-order valence-corrected chi connectivity index (χ1v) is 8.47. The van der Waals surface area contributed by atoms with E-state index >= 15 is 0 Å². The number of ketones is 1. The van der Waals surface area contributed by atoms with Gasteiger partial charge in [-0.3, -0.25) is 4.79 Å². The molecule has 0 bridgehead atoms. The molecule has 100 valence electrons. The molecule has 0 amide bonds. The summed E-state index contributed by atoms with van der Waals surface area (Å²) in [5.41, 5.74) is 0.223. The number of hydrogen-bond acceptors (Lipinski definition) is 3. The molecule has 0 aromatic carbocycles. The molecule has 0 atom stereocenters. The summed E-state index contributed by atoms with van der Waals surface area (Å²) in [7, 11) is 0. The zero-order chi connectivity index (χ0) is 13.3. The zero-order valence-corrected chi connectivity index (χ0v) is 13.6. The van der Waals surface area contributed by atoms with E-state index in [1.165, 1.54) is 11.5 Å². The molecule has 1 aliphatic rings. The molecule has 0 aromatic heterocycles. The SMILES string of the molecule is CC(C)(C)C(=O)C[C@H]1SC[C@H](C(C)(C)C)CS1. The van der Waals surface area contributed by atoms with Crippen molar-refractivity contribution in [3.8, 4) is 0 Å². The second kappa shape index (κ2) is 5.56. The third kappa shape index (κ3) is 4.86. The first kappa shape index (κ1) is 15.4. The second-order valence-electron chi connectivity index (χ2n) is 7.04. The van der Waals surface area contributed by atoms with Gasteiger partial charge in [-0.25, -0.2) is 0 Å². The zero-order valence-electron chi connectivity index (χ0n) is 12.0. The lowest BCUT2D eigenvalue weighted by Gasteiger charge is -2.36. The highest BCUT2D eigenvalue weighted by Crippen LogP contribution is 2.43. The minimum absolute atomic E-state index is 0.179. The van der Waals surface area contributed by atoms with Gasteiger partial charge in [0.25, 0.3) is 0 Å². The molecule has 0 N–H and O–H groups in total. The van der Waals surface area contributed by atoms with Crippen molar-refractivity contribution in [2.24, 2.45) is 16.7 Å². The van der Waals surface area contributed by atoms with Gasteiger partial charge in [-0.2, -0.15) is 0 Å². The first-order valence-electron chi connectivity index (χ1n) is 6.37. The van der Waals surface area contributed by atoms with E-state index in [9.17, 15) is 4.79 Å². The van der Waals surface area contributed by atoms with Gasteiger partial charge in [-0.15, -0.1) is 23.5 Å². The van der Waals surface area contributed by atoms with Crippen molar-refractivity contribution in [3.05, 3.63) is 0 Å². The van der Waals surface area contributed by atoms with Crippen LogP contribution in [0.2, 0.25) is 0 Å². The van der Waals surface area contributed by atoms with Crippen molar-refractivity contribution in [2.75, 3.05) is 11.5 Å². The number of thioether (sulfide) groups is 2. The van der Waals surface area contributed by atoms with Crippen molar-refractivity contribution < 1.29 is 4.79 Å². The van der Waals surface area contributed by atoms with Gasteiger partial charge in [0, 0.05) is 11.8 Å². The van der Waals surface area contributed by atoms with E-state index in [0.717, 1.165) is 12.3 Å². The highest BCUT2D eigenvalue weighted by Gasteiger charge is 2.33. The summed E-state index contributed by atoms with van der Waals surface area (Å²) in [6.07, 6.45) is 0.732. The van der Waals surface area contributed by atoms with Crippen LogP contribution in [0, 0.1) is 16.7 Å². The topological polar surface area (TPSA) is 17.1 Å². The normalized spacial score (nSPS) is 26.9. The lowest BCUT2D eigenvalue weighted by Crippen LogP contribution is -2.31. The Balaban J connectivity index is 2.41. The van der Waals surface area contributed by atoms with Crippen LogP contribution in [0.5, 0.6) is 0 Å². The van der Waals surface area contributed by atoms with Crippen LogP contribution in [-0.4, -0.2) is 21.9 Å². The van der Waals surface area contributed by atoms with Crippen LogP contribution in [-0.2, 0) is 4.79 Å².